The van der Waals surface area contributed by atoms with Gasteiger partial charge in [-0.25, -0.2) is 0 Å². The Morgan fingerprint density at radius 3 is 3.00 bits per heavy atom. The Labute approximate surface area is 157 Å². The maximum Gasteiger partial charge on any atom is 0.254 e. The number of hydrogen-bond donors (Lipinski definition) is 2. The van der Waals surface area contributed by atoms with Crippen LogP contribution < -0.4 is 10.6 Å². The molecular weight excluding hydrogens is 344 g/mol. The van der Waals surface area contributed by atoms with Gasteiger partial charge in [0.25, 0.3) is 5.91 Å². The third kappa shape index (κ3) is 3.49. The minimum absolute atomic E-state index is 0.0462. The lowest BCUT2D eigenvalue weighted by Gasteiger charge is -2.24. The van der Waals surface area contributed by atoms with Crippen molar-refractivity contribution in [1.29, 1.82) is 0 Å². The molecule has 0 bridgehead atoms. The number of hydrogen-bond acceptors (Lipinski definition) is 6. The summed E-state index contributed by atoms with van der Waals surface area (Å²) in [4.78, 5) is 12.4. The third-order valence-electron chi connectivity index (χ3n) is 4.83. The largest absolute Gasteiger partial charge is 0.368 e. The molecule has 0 saturated carbocycles. The molecule has 0 aliphatic carbocycles. The zero-order chi connectivity index (χ0) is 19.0. The fraction of sp³-hybridized carbons (Fsp3) is 0.500. The minimum Gasteiger partial charge on any atom is -0.368 e. The molecule has 1 amide bonds. The molecule has 0 saturated heterocycles. The van der Waals surface area contributed by atoms with Crippen LogP contribution in [0.3, 0.4) is 0 Å². The predicted octanol–water partition coefficient (Wildman–Crippen LogP) is 1.44. The van der Waals surface area contributed by atoms with E-state index >= 15 is 0 Å². The second kappa shape index (κ2) is 6.98. The van der Waals surface area contributed by atoms with Crippen molar-refractivity contribution in [2.24, 2.45) is 5.92 Å². The number of fused-ring (bicyclic) bond motifs is 2. The van der Waals surface area contributed by atoms with Gasteiger partial charge >= 0.3 is 0 Å². The zero-order valence-corrected chi connectivity index (χ0v) is 15.8. The van der Waals surface area contributed by atoms with Crippen molar-refractivity contribution in [2.45, 2.75) is 46.2 Å². The van der Waals surface area contributed by atoms with Gasteiger partial charge in [-0.3, -0.25) is 9.48 Å². The van der Waals surface area contributed by atoms with E-state index in [2.05, 4.69) is 31.0 Å². The molecule has 4 rings (SSSR count). The number of nitrogens with one attached hydrogen (secondary N) is 2. The average Bonchev–Trinajstić information content (AvgIpc) is 3.23. The number of anilines is 1. The van der Waals surface area contributed by atoms with Gasteiger partial charge in [-0.05, 0) is 51.7 Å². The van der Waals surface area contributed by atoms with Gasteiger partial charge in [0, 0.05) is 19.1 Å². The first-order chi connectivity index (χ1) is 13.0. The summed E-state index contributed by atoms with van der Waals surface area (Å²) in [5.41, 5.74) is 2.44. The first-order valence-corrected chi connectivity index (χ1v) is 9.29. The molecule has 1 unspecified atom stereocenters. The Morgan fingerprint density at radius 1 is 1.33 bits per heavy atom. The van der Waals surface area contributed by atoms with Crippen molar-refractivity contribution in [3.05, 3.63) is 35.4 Å². The average molecular weight is 368 g/mol. The molecule has 3 aromatic rings. The molecule has 0 radical (unpaired) electrons. The second-order valence-corrected chi connectivity index (χ2v) is 7.33. The van der Waals surface area contributed by atoms with E-state index in [1.807, 2.05) is 37.6 Å². The molecule has 3 aromatic heterocycles. The lowest BCUT2D eigenvalue weighted by atomic mass is 9.94. The molecule has 2 N–H and O–H groups in total. The van der Waals surface area contributed by atoms with Crippen LogP contribution in [0.2, 0.25) is 0 Å². The van der Waals surface area contributed by atoms with E-state index in [0.717, 1.165) is 48.9 Å². The normalized spacial score (nSPS) is 16.5. The van der Waals surface area contributed by atoms with Gasteiger partial charge in [-0.15, -0.1) is 15.3 Å². The van der Waals surface area contributed by atoms with E-state index in [0.29, 0.717) is 11.5 Å². The minimum atomic E-state index is -0.0462. The van der Waals surface area contributed by atoms with Gasteiger partial charge in [0.05, 0.1) is 17.5 Å². The van der Waals surface area contributed by atoms with Crippen LogP contribution in [0.5, 0.6) is 0 Å². The maximum absolute atomic E-state index is 12.4. The Hall–Kier alpha value is -2.97. The summed E-state index contributed by atoms with van der Waals surface area (Å²) in [7, 11) is 0. The van der Waals surface area contributed by atoms with Crippen molar-refractivity contribution in [2.75, 3.05) is 11.9 Å². The quantitative estimate of drug-likeness (QED) is 0.707. The highest BCUT2D eigenvalue weighted by atomic mass is 16.1. The number of carbonyl (C=O) groups excluding carboxylic acids is 1. The van der Waals surface area contributed by atoms with E-state index in [-0.39, 0.29) is 11.9 Å². The predicted molar refractivity (Wildman–Crippen MR) is 101 cm³/mol. The van der Waals surface area contributed by atoms with E-state index in [4.69, 9.17) is 0 Å². The standard InChI is InChI=1S/C18H24N8O/c1-11(2)21-18(27)14-10-20-25-7-6-13(8-15(14)25)9-19-16-4-5-17-23-22-12(3)26(17)24-16/h4-5,10-11,13H,6-9H2,1-3H3,(H,19,24)(H,21,27). The van der Waals surface area contributed by atoms with Crippen LogP contribution in [0, 0.1) is 12.8 Å². The van der Waals surface area contributed by atoms with E-state index in [1.165, 1.54) is 0 Å². The molecule has 9 nitrogen and oxygen atoms in total. The van der Waals surface area contributed by atoms with Crippen molar-refractivity contribution >= 4 is 17.4 Å². The first-order valence-electron chi connectivity index (χ1n) is 9.29. The molecular formula is C18H24N8O. The summed E-state index contributed by atoms with van der Waals surface area (Å²) in [5.74, 6) is 1.92. The van der Waals surface area contributed by atoms with Crippen LogP contribution in [-0.2, 0) is 13.0 Å². The van der Waals surface area contributed by atoms with Gasteiger partial charge in [0.2, 0.25) is 0 Å². The molecule has 0 fully saturated rings. The summed E-state index contributed by atoms with van der Waals surface area (Å²) < 4.78 is 3.68. The fourth-order valence-corrected chi connectivity index (χ4v) is 3.44. The molecule has 0 aromatic carbocycles. The van der Waals surface area contributed by atoms with Crippen LogP contribution in [0.1, 0.15) is 42.1 Å². The van der Waals surface area contributed by atoms with Crippen molar-refractivity contribution in [1.82, 2.24) is 34.9 Å². The van der Waals surface area contributed by atoms with Gasteiger partial charge in [-0.2, -0.15) is 9.61 Å². The summed E-state index contributed by atoms with van der Waals surface area (Å²) in [6, 6.07) is 3.92. The van der Waals surface area contributed by atoms with E-state index in [9.17, 15) is 4.79 Å². The first kappa shape index (κ1) is 17.4. The molecule has 4 heterocycles. The van der Waals surface area contributed by atoms with E-state index < -0.39 is 0 Å². The molecule has 27 heavy (non-hydrogen) atoms. The number of aromatic nitrogens is 6. The fourth-order valence-electron chi connectivity index (χ4n) is 3.44. The van der Waals surface area contributed by atoms with Crippen molar-refractivity contribution < 1.29 is 4.79 Å². The lowest BCUT2D eigenvalue weighted by molar-refractivity contribution is 0.0941. The number of amides is 1. The van der Waals surface area contributed by atoms with E-state index in [1.54, 1.807) is 10.7 Å². The summed E-state index contributed by atoms with van der Waals surface area (Å²) in [6.45, 7) is 7.41. The van der Waals surface area contributed by atoms with Gasteiger partial charge in [-0.1, -0.05) is 0 Å². The Morgan fingerprint density at radius 2 is 2.19 bits per heavy atom. The van der Waals surface area contributed by atoms with Crippen molar-refractivity contribution in [3.63, 3.8) is 0 Å². The zero-order valence-electron chi connectivity index (χ0n) is 15.8. The second-order valence-electron chi connectivity index (χ2n) is 7.33. The third-order valence-corrected chi connectivity index (χ3v) is 4.83. The van der Waals surface area contributed by atoms with Crippen LogP contribution in [0.15, 0.2) is 18.3 Å². The highest BCUT2D eigenvalue weighted by Crippen LogP contribution is 2.23. The van der Waals surface area contributed by atoms with Crippen LogP contribution in [0.4, 0.5) is 5.82 Å². The number of rotatable bonds is 5. The molecule has 1 aliphatic heterocycles. The Bertz CT molecular complexity index is 973. The lowest BCUT2D eigenvalue weighted by Crippen LogP contribution is -2.32. The molecule has 1 atom stereocenters. The molecule has 142 valence electrons. The summed E-state index contributed by atoms with van der Waals surface area (Å²) in [6.07, 6.45) is 3.52. The number of carbonyl (C=O) groups is 1. The van der Waals surface area contributed by atoms with Gasteiger partial charge in [0.15, 0.2) is 11.5 Å². The summed E-state index contributed by atoms with van der Waals surface area (Å²) in [5, 5.41) is 23.4. The van der Waals surface area contributed by atoms with Gasteiger partial charge in [0.1, 0.15) is 5.82 Å². The number of aryl methyl sites for hydroxylation is 2. The maximum atomic E-state index is 12.4. The molecule has 9 heteroatoms. The monoisotopic (exact) mass is 368 g/mol. The Balaban J connectivity index is 1.44. The SMILES string of the molecule is Cc1nnc2ccc(NCC3CCn4ncc(C(=O)NC(C)C)c4C3)nn12. The smallest absolute Gasteiger partial charge is 0.254 e. The Kier molecular flexibility index (Phi) is 4.51. The highest BCUT2D eigenvalue weighted by molar-refractivity contribution is 5.95. The van der Waals surface area contributed by atoms with Gasteiger partial charge < -0.3 is 10.6 Å². The molecule has 1 aliphatic rings. The van der Waals surface area contributed by atoms with Crippen molar-refractivity contribution in [3.8, 4) is 0 Å². The number of nitrogens with zero attached hydrogens (tertiary/aromatic N) is 6. The van der Waals surface area contributed by atoms with Crippen LogP contribution in [0.25, 0.3) is 5.65 Å². The topological polar surface area (TPSA) is 102 Å². The molecule has 0 spiro atoms. The van der Waals surface area contributed by atoms with Crippen LogP contribution >= 0.6 is 0 Å². The summed E-state index contributed by atoms with van der Waals surface area (Å²) >= 11 is 0. The van der Waals surface area contributed by atoms with Crippen LogP contribution in [-0.4, -0.2) is 48.1 Å². The highest BCUT2D eigenvalue weighted by Gasteiger charge is 2.25.